The van der Waals surface area contributed by atoms with Crippen LogP contribution in [0.5, 0.6) is 0 Å². The molecule has 0 bridgehead atoms. The molecule has 144 valence electrons. The first-order valence-corrected chi connectivity index (χ1v) is 9.12. The van der Waals surface area contributed by atoms with Crippen LogP contribution >= 0.6 is 0 Å². The maximum absolute atomic E-state index is 10.7. The number of amides is 1. The van der Waals surface area contributed by atoms with Crippen LogP contribution in [-0.4, -0.2) is 5.91 Å². The predicted octanol–water partition coefficient (Wildman–Crippen LogP) is 3.55. The van der Waals surface area contributed by atoms with Crippen LogP contribution in [0, 0.1) is 41.0 Å². The Hall–Kier alpha value is -1.75. The van der Waals surface area contributed by atoms with Crippen molar-refractivity contribution >= 4 is 11.6 Å². The Kier molecular flexibility index (Phi) is 18.0. The molecule has 27 heavy (non-hydrogen) atoms. The van der Waals surface area contributed by atoms with E-state index in [4.69, 9.17) is 0 Å². The number of nitrogens with one attached hydrogen (secondary N) is 1. The topological polar surface area (TPSA) is 29.1 Å². The minimum absolute atomic E-state index is 0. The minimum Gasteiger partial charge on any atom is -0.351 e. The molecule has 2 aromatic carbocycles. The fourth-order valence-electron chi connectivity index (χ4n) is 2.15. The number of carbonyl (C=O) groups is 1. The van der Waals surface area contributed by atoms with Crippen LogP contribution in [0.25, 0.3) is 0 Å². The summed E-state index contributed by atoms with van der Waals surface area (Å²) in [5, 5.41) is 2.69. The fraction of sp³-hybridized carbons (Fsp3) is 0.292. The molecule has 3 heteroatoms. The smallest absolute Gasteiger partial charge is 0.351 e. The van der Waals surface area contributed by atoms with Gasteiger partial charge in [-0.1, -0.05) is 44.0 Å². The maximum Gasteiger partial charge on any atom is 1.00 e. The Labute approximate surface area is 179 Å². The fourth-order valence-corrected chi connectivity index (χ4v) is 2.15. The van der Waals surface area contributed by atoms with Crippen LogP contribution in [0.4, 0.5) is 5.69 Å². The second-order valence-electron chi connectivity index (χ2n) is 5.93. The maximum atomic E-state index is 10.7. The first kappa shape index (κ1) is 27.5. The molecule has 0 fully saturated rings. The normalized spacial score (nSPS) is 8.78. The van der Waals surface area contributed by atoms with E-state index in [0.29, 0.717) is 0 Å². The zero-order chi connectivity index (χ0) is 19.8. The third kappa shape index (κ3) is 14.0. The van der Waals surface area contributed by atoms with Crippen molar-refractivity contribution in [3.63, 3.8) is 0 Å². The zero-order valence-electron chi connectivity index (χ0n) is 17.6. The number of para-hydroxylation sites is 1. The Bertz CT molecular complexity index is 591. The molecule has 0 saturated carbocycles. The van der Waals surface area contributed by atoms with Gasteiger partial charge in [-0.05, 0) is 25.0 Å². The molecule has 0 radical (unpaired) electrons. The average Bonchev–Trinajstić information content (AvgIpc) is 2.61. The molecular formula is C24H33LiNO-3. The molecule has 2 rings (SSSR count). The van der Waals surface area contributed by atoms with Crippen molar-refractivity contribution < 1.29 is 23.7 Å². The third-order valence-electron chi connectivity index (χ3n) is 3.38. The van der Waals surface area contributed by atoms with Crippen molar-refractivity contribution in [2.75, 3.05) is 5.32 Å². The second kappa shape index (κ2) is 17.7. The van der Waals surface area contributed by atoms with E-state index in [0.717, 1.165) is 36.1 Å². The number of anilines is 1. The summed E-state index contributed by atoms with van der Waals surface area (Å²) in [4.78, 5) is 10.7. The van der Waals surface area contributed by atoms with E-state index in [-0.39, 0.29) is 24.8 Å². The molecule has 0 aliphatic rings. The predicted molar refractivity (Wildman–Crippen MR) is 115 cm³/mol. The van der Waals surface area contributed by atoms with E-state index in [1.165, 1.54) is 12.0 Å². The van der Waals surface area contributed by atoms with Gasteiger partial charge in [-0.25, -0.2) is 0 Å². The molecule has 1 N–H and O–H groups in total. The van der Waals surface area contributed by atoms with Crippen LogP contribution in [-0.2, 0) is 4.79 Å². The largest absolute Gasteiger partial charge is 1.00 e. The van der Waals surface area contributed by atoms with Gasteiger partial charge in [-0.3, -0.25) is 0 Å². The van der Waals surface area contributed by atoms with Gasteiger partial charge in [-0.2, -0.15) is 37.0 Å². The average molecular weight is 358 g/mol. The van der Waals surface area contributed by atoms with Gasteiger partial charge in [0.2, 0.25) is 0 Å². The summed E-state index contributed by atoms with van der Waals surface area (Å²) < 4.78 is 0. The molecule has 0 aliphatic carbocycles. The molecular weight excluding hydrogens is 325 g/mol. The van der Waals surface area contributed by atoms with Crippen LogP contribution in [0.3, 0.4) is 0 Å². The Morgan fingerprint density at radius 1 is 1.00 bits per heavy atom. The van der Waals surface area contributed by atoms with Crippen molar-refractivity contribution in [2.45, 2.75) is 46.5 Å². The van der Waals surface area contributed by atoms with E-state index in [2.05, 4.69) is 56.8 Å². The van der Waals surface area contributed by atoms with Crippen molar-refractivity contribution in [3.8, 4) is 0 Å². The monoisotopic (exact) mass is 358 g/mol. The van der Waals surface area contributed by atoms with Gasteiger partial charge in [0.15, 0.2) is 0 Å². The summed E-state index contributed by atoms with van der Waals surface area (Å²) in [6.07, 6.45) is 6.62. The molecule has 0 aromatic heterocycles. The number of carbonyl (C=O) groups excluding carboxylic acids is 1. The second-order valence-corrected chi connectivity index (χ2v) is 5.93. The van der Waals surface area contributed by atoms with Crippen molar-refractivity contribution in [1.29, 1.82) is 0 Å². The summed E-state index contributed by atoms with van der Waals surface area (Å²) in [5.41, 5.74) is 4.32. The van der Waals surface area contributed by atoms with Gasteiger partial charge < -0.3 is 30.9 Å². The van der Waals surface area contributed by atoms with Crippen LogP contribution in [0.15, 0.2) is 48.5 Å². The number of benzene rings is 2. The van der Waals surface area contributed by atoms with E-state index in [9.17, 15) is 4.79 Å². The van der Waals surface area contributed by atoms with Gasteiger partial charge in [0.25, 0.3) is 0 Å². The molecule has 0 atom stereocenters. The van der Waals surface area contributed by atoms with E-state index >= 15 is 0 Å². The minimum atomic E-state index is -0.271. The van der Waals surface area contributed by atoms with Gasteiger partial charge in [-0.15, -0.1) is 12.1 Å². The first-order valence-electron chi connectivity index (χ1n) is 9.12. The molecule has 0 heterocycles. The third-order valence-corrected chi connectivity index (χ3v) is 3.38. The zero-order valence-corrected chi connectivity index (χ0v) is 17.6. The Balaban J connectivity index is 0. The number of hydrogen-bond donors (Lipinski definition) is 1. The van der Waals surface area contributed by atoms with Crippen molar-refractivity contribution in [3.05, 3.63) is 92.4 Å². The van der Waals surface area contributed by atoms with Gasteiger partial charge in [0.1, 0.15) is 0 Å². The molecule has 0 aliphatic heterocycles. The number of hydrogen-bond acceptors (Lipinski definition) is 1. The summed E-state index contributed by atoms with van der Waals surface area (Å²) in [7, 11) is 0. The molecule has 0 unspecified atom stereocenters. The van der Waals surface area contributed by atoms with E-state index in [1.807, 2.05) is 45.0 Å². The van der Waals surface area contributed by atoms with Crippen molar-refractivity contribution in [2.24, 2.45) is 0 Å². The number of aryl methyl sites for hydroxylation is 2. The SMILES string of the molecule is [CH2-]C(=O)Nc1c(C)cccc1C.[CH2-]CC.[CH2-]CCC[CH-]c1ccccc1.[Li+]. The summed E-state index contributed by atoms with van der Waals surface area (Å²) >= 11 is 0. The molecule has 0 spiro atoms. The molecule has 0 saturated heterocycles. The van der Waals surface area contributed by atoms with E-state index in [1.54, 1.807) is 0 Å². The summed E-state index contributed by atoms with van der Waals surface area (Å²) in [6.45, 7) is 16.5. The standard InChI is InChI=1S/C11H14.C10H12NO.C3H7.Li/c1-2-3-5-8-11-9-6-4-7-10-11;1-7-5-4-6-8(2)10(7)11-9(3)12;1-3-2;/h4,6-10H,1-3,5H2;4-6H,3H2,1-2H3,(H,11,12);1,3H2,2H3;/q-2;2*-1;+1. The van der Waals surface area contributed by atoms with Gasteiger partial charge >= 0.3 is 18.9 Å². The molecule has 2 nitrogen and oxygen atoms in total. The van der Waals surface area contributed by atoms with Gasteiger partial charge in [0, 0.05) is 5.69 Å². The van der Waals surface area contributed by atoms with Crippen molar-refractivity contribution in [1.82, 2.24) is 0 Å². The Morgan fingerprint density at radius 3 is 1.96 bits per heavy atom. The summed E-state index contributed by atoms with van der Waals surface area (Å²) in [6, 6.07) is 16.3. The van der Waals surface area contributed by atoms with Crippen LogP contribution in [0.1, 0.15) is 49.3 Å². The molecule has 2 aromatic rings. The molecule has 1 amide bonds. The van der Waals surface area contributed by atoms with Crippen LogP contribution in [0.2, 0.25) is 0 Å². The Morgan fingerprint density at radius 2 is 1.52 bits per heavy atom. The van der Waals surface area contributed by atoms with Crippen LogP contribution < -0.4 is 24.2 Å². The quantitative estimate of drug-likeness (QED) is 0.494. The number of rotatable bonds is 5. The summed E-state index contributed by atoms with van der Waals surface area (Å²) in [5.74, 6) is -0.271. The first-order chi connectivity index (χ1) is 12.5. The van der Waals surface area contributed by atoms with E-state index < -0.39 is 0 Å². The van der Waals surface area contributed by atoms with Gasteiger partial charge in [0.05, 0.1) is 5.91 Å². The number of unbranched alkanes of at least 4 members (excludes halogenated alkanes) is 2.